The number of nitrogens with zero attached hydrogens (tertiary/aromatic N) is 5. The average molecular weight is 325 g/mol. The van der Waals surface area contributed by atoms with E-state index < -0.39 is 0 Å². The van der Waals surface area contributed by atoms with E-state index >= 15 is 0 Å². The van der Waals surface area contributed by atoms with E-state index in [-0.39, 0.29) is 11.3 Å². The van der Waals surface area contributed by atoms with Crippen molar-refractivity contribution in [3.05, 3.63) is 42.5 Å². The molecule has 2 aromatic heterocycles. The molecule has 2 aromatic rings. The summed E-state index contributed by atoms with van der Waals surface area (Å²) >= 11 is 0. The summed E-state index contributed by atoms with van der Waals surface area (Å²) in [4.78, 5) is 21.6. The van der Waals surface area contributed by atoms with Crippen molar-refractivity contribution in [3.8, 4) is 0 Å². The molecule has 0 saturated carbocycles. The molecule has 1 atom stereocenters. The Morgan fingerprint density at radius 1 is 1.21 bits per heavy atom. The van der Waals surface area contributed by atoms with Crippen molar-refractivity contribution < 1.29 is 4.79 Å². The summed E-state index contributed by atoms with van der Waals surface area (Å²) < 4.78 is 1.75. The standard InChI is InChI=1S/C18H23N5O/c1-21-13-16(11-20-21)23-10-6-18(17(23)24)5-2-9-22(14-18)12-15-3-7-19-8-4-15/h3-4,7-8,11,13H,2,5-6,9-10,12,14H2,1H3/t18-/m0/s1. The van der Waals surface area contributed by atoms with Crippen molar-refractivity contribution in [3.63, 3.8) is 0 Å². The Hall–Kier alpha value is -2.21. The zero-order chi connectivity index (χ0) is 16.6. The summed E-state index contributed by atoms with van der Waals surface area (Å²) in [5.41, 5.74) is 1.96. The maximum atomic E-state index is 13.1. The highest BCUT2D eigenvalue weighted by molar-refractivity contribution is 6.00. The van der Waals surface area contributed by atoms with Gasteiger partial charge in [-0.25, -0.2) is 0 Å². The number of likely N-dealkylation sites (tertiary alicyclic amines) is 1. The number of hydrogen-bond donors (Lipinski definition) is 0. The van der Waals surface area contributed by atoms with Gasteiger partial charge in [-0.05, 0) is 43.5 Å². The highest BCUT2D eigenvalue weighted by Crippen LogP contribution is 2.42. The number of carbonyl (C=O) groups is 1. The van der Waals surface area contributed by atoms with Crippen LogP contribution >= 0.6 is 0 Å². The van der Waals surface area contributed by atoms with Crippen LogP contribution in [0.2, 0.25) is 0 Å². The molecular formula is C18H23N5O. The number of hydrogen-bond acceptors (Lipinski definition) is 4. The maximum absolute atomic E-state index is 13.1. The summed E-state index contributed by atoms with van der Waals surface area (Å²) in [7, 11) is 1.89. The third kappa shape index (κ3) is 2.71. The number of rotatable bonds is 3. The second-order valence-electron chi connectivity index (χ2n) is 7.03. The molecule has 126 valence electrons. The Bertz CT molecular complexity index is 728. The van der Waals surface area contributed by atoms with Gasteiger partial charge in [-0.3, -0.25) is 19.4 Å². The molecule has 0 aliphatic carbocycles. The Labute approximate surface area is 142 Å². The molecule has 1 spiro atoms. The molecule has 2 aliphatic heterocycles. The quantitative estimate of drug-likeness (QED) is 0.864. The Balaban J connectivity index is 1.49. The van der Waals surface area contributed by atoms with Crippen LogP contribution < -0.4 is 4.90 Å². The van der Waals surface area contributed by atoms with E-state index in [1.54, 1.807) is 10.9 Å². The lowest BCUT2D eigenvalue weighted by atomic mass is 9.78. The molecule has 6 nitrogen and oxygen atoms in total. The largest absolute Gasteiger partial charge is 0.309 e. The van der Waals surface area contributed by atoms with Crippen LogP contribution in [-0.2, 0) is 18.4 Å². The van der Waals surface area contributed by atoms with Gasteiger partial charge in [0.05, 0.1) is 17.3 Å². The molecule has 1 amide bonds. The summed E-state index contributed by atoms with van der Waals surface area (Å²) in [6.07, 6.45) is 10.4. The topological polar surface area (TPSA) is 54.3 Å². The van der Waals surface area contributed by atoms with E-state index in [4.69, 9.17) is 0 Å². The molecule has 2 aliphatic rings. The Morgan fingerprint density at radius 2 is 2.04 bits per heavy atom. The number of pyridine rings is 1. The van der Waals surface area contributed by atoms with Crippen molar-refractivity contribution in [1.82, 2.24) is 19.7 Å². The minimum Gasteiger partial charge on any atom is -0.309 e. The van der Waals surface area contributed by atoms with Crippen molar-refractivity contribution in [1.29, 1.82) is 0 Å². The molecule has 2 saturated heterocycles. The Morgan fingerprint density at radius 3 is 2.79 bits per heavy atom. The van der Waals surface area contributed by atoms with Gasteiger partial charge in [0.2, 0.25) is 5.91 Å². The van der Waals surface area contributed by atoms with Crippen LogP contribution in [0.4, 0.5) is 5.69 Å². The number of aryl methyl sites for hydroxylation is 1. The van der Waals surface area contributed by atoms with Crippen molar-refractivity contribution in [2.24, 2.45) is 12.5 Å². The van der Waals surface area contributed by atoms with Crippen molar-refractivity contribution in [2.45, 2.75) is 25.8 Å². The monoisotopic (exact) mass is 325 g/mol. The number of aromatic nitrogens is 3. The lowest BCUT2D eigenvalue weighted by Crippen LogP contribution is -2.47. The van der Waals surface area contributed by atoms with Gasteiger partial charge >= 0.3 is 0 Å². The molecule has 0 N–H and O–H groups in total. The SMILES string of the molecule is Cn1cc(N2CC[C@]3(CCCN(Cc4ccncc4)C3)C2=O)cn1. The van der Waals surface area contributed by atoms with Gasteiger partial charge in [-0.1, -0.05) is 0 Å². The summed E-state index contributed by atoms with van der Waals surface area (Å²) in [5.74, 6) is 0.273. The van der Waals surface area contributed by atoms with E-state index in [1.807, 2.05) is 30.5 Å². The van der Waals surface area contributed by atoms with Gasteiger partial charge in [0.25, 0.3) is 0 Å². The third-order valence-electron chi connectivity index (χ3n) is 5.33. The summed E-state index contributed by atoms with van der Waals surface area (Å²) in [6, 6.07) is 4.11. The van der Waals surface area contributed by atoms with Gasteiger partial charge in [0.15, 0.2) is 0 Å². The molecule has 4 heterocycles. The first-order valence-electron chi connectivity index (χ1n) is 8.58. The van der Waals surface area contributed by atoms with Crippen LogP contribution in [0.5, 0.6) is 0 Å². The van der Waals surface area contributed by atoms with Crippen molar-refractivity contribution >= 4 is 11.6 Å². The minimum absolute atomic E-state index is 0.221. The fourth-order valence-corrected chi connectivity index (χ4v) is 4.10. The molecule has 0 bridgehead atoms. The maximum Gasteiger partial charge on any atom is 0.234 e. The smallest absolute Gasteiger partial charge is 0.234 e. The van der Waals surface area contributed by atoms with Gasteiger partial charge in [-0.2, -0.15) is 5.10 Å². The van der Waals surface area contributed by atoms with Gasteiger partial charge in [0, 0.05) is 45.3 Å². The molecule has 0 aromatic carbocycles. The molecular weight excluding hydrogens is 302 g/mol. The van der Waals surface area contributed by atoms with E-state index in [0.29, 0.717) is 0 Å². The van der Waals surface area contributed by atoms with Gasteiger partial charge in [-0.15, -0.1) is 0 Å². The number of carbonyl (C=O) groups excluding carboxylic acids is 1. The number of piperidine rings is 1. The minimum atomic E-state index is -0.221. The van der Waals surface area contributed by atoms with Crippen LogP contribution in [0.1, 0.15) is 24.8 Å². The Kier molecular flexibility index (Phi) is 3.84. The molecule has 24 heavy (non-hydrogen) atoms. The predicted octanol–water partition coefficient (Wildman–Crippen LogP) is 1.83. The first-order valence-corrected chi connectivity index (χ1v) is 8.58. The van der Waals surface area contributed by atoms with E-state index in [0.717, 1.165) is 51.1 Å². The molecule has 0 radical (unpaired) electrons. The van der Waals surface area contributed by atoms with Crippen LogP contribution in [0.15, 0.2) is 36.9 Å². The van der Waals surface area contributed by atoms with Crippen LogP contribution in [0.3, 0.4) is 0 Å². The zero-order valence-corrected chi connectivity index (χ0v) is 14.1. The lowest BCUT2D eigenvalue weighted by molar-refractivity contribution is -0.128. The second-order valence-corrected chi connectivity index (χ2v) is 7.03. The highest BCUT2D eigenvalue weighted by atomic mass is 16.2. The van der Waals surface area contributed by atoms with Crippen LogP contribution in [0.25, 0.3) is 0 Å². The summed E-state index contributed by atoms with van der Waals surface area (Å²) in [6.45, 7) is 3.60. The third-order valence-corrected chi connectivity index (χ3v) is 5.33. The predicted molar refractivity (Wildman–Crippen MR) is 91.4 cm³/mol. The second kappa shape index (κ2) is 6.02. The van der Waals surface area contributed by atoms with E-state index in [9.17, 15) is 4.79 Å². The van der Waals surface area contributed by atoms with E-state index in [2.05, 4.69) is 27.1 Å². The van der Waals surface area contributed by atoms with Crippen molar-refractivity contribution in [2.75, 3.05) is 24.5 Å². The number of anilines is 1. The highest BCUT2D eigenvalue weighted by Gasteiger charge is 2.49. The summed E-state index contributed by atoms with van der Waals surface area (Å²) in [5, 5.41) is 4.21. The molecule has 4 rings (SSSR count). The van der Waals surface area contributed by atoms with Gasteiger partial charge in [0.1, 0.15) is 0 Å². The van der Waals surface area contributed by atoms with Gasteiger partial charge < -0.3 is 4.90 Å². The van der Waals surface area contributed by atoms with Crippen LogP contribution in [-0.4, -0.2) is 45.2 Å². The first-order chi connectivity index (χ1) is 11.7. The molecule has 0 unspecified atom stereocenters. The van der Waals surface area contributed by atoms with Crippen LogP contribution in [0, 0.1) is 5.41 Å². The molecule has 6 heteroatoms. The van der Waals surface area contributed by atoms with E-state index in [1.165, 1.54) is 5.56 Å². The average Bonchev–Trinajstić information content (AvgIpc) is 3.14. The lowest BCUT2D eigenvalue weighted by Gasteiger charge is -2.39. The number of amides is 1. The zero-order valence-electron chi connectivity index (χ0n) is 14.1. The normalized spacial score (nSPS) is 24.9. The fourth-order valence-electron chi connectivity index (χ4n) is 4.10. The fraction of sp³-hybridized carbons (Fsp3) is 0.500. The first kappa shape index (κ1) is 15.3. The molecule has 2 fully saturated rings.